The van der Waals surface area contributed by atoms with Crippen molar-refractivity contribution in [1.29, 1.82) is 0 Å². The molecule has 0 radical (unpaired) electrons. The summed E-state index contributed by atoms with van der Waals surface area (Å²) in [5.74, 6) is -0.612. The van der Waals surface area contributed by atoms with Gasteiger partial charge in [-0.05, 0) is 63.9 Å². The average molecular weight is 842 g/mol. The van der Waals surface area contributed by atoms with Gasteiger partial charge in [0, 0.05) is 6.42 Å². The largest absolute Gasteiger partial charge is 0.458 e. The average Bonchev–Trinajstić information content (AvgIpc) is 3.24. The van der Waals surface area contributed by atoms with Crippen molar-refractivity contribution in [3.63, 3.8) is 0 Å². The van der Waals surface area contributed by atoms with Crippen LogP contribution >= 0.6 is 0 Å². The van der Waals surface area contributed by atoms with Gasteiger partial charge in [-0.2, -0.15) is 0 Å². The molecule has 0 aromatic carbocycles. The predicted octanol–water partition coefficient (Wildman–Crippen LogP) is 15.5. The normalized spacial score (nSPS) is 13.6. The Bertz CT molecular complexity index is 1040. The van der Waals surface area contributed by atoms with Crippen LogP contribution in [0.4, 0.5) is 0 Å². The van der Waals surface area contributed by atoms with E-state index in [-0.39, 0.29) is 24.9 Å². The van der Waals surface area contributed by atoms with Gasteiger partial charge in [0.25, 0.3) is 0 Å². The third-order valence-corrected chi connectivity index (χ3v) is 11.7. The number of esters is 1. The van der Waals surface area contributed by atoms with E-state index in [9.17, 15) is 19.8 Å². The van der Waals surface area contributed by atoms with Crippen molar-refractivity contribution in [2.45, 2.75) is 277 Å². The van der Waals surface area contributed by atoms with Gasteiger partial charge in [0.05, 0.1) is 25.2 Å². The van der Waals surface area contributed by atoms with E-state index in [2.05, 4.69) is 62.5 Å². The minimum absolute atomic E-state index is 0.0328. The second-order valence-corrected chi connectivity index (χ2v) is 17.6. The fourth-order valence-electron chi connectivity index (χ4n) is 7.68. The third kappa shape index (κ3) is 42.5. The lowest BCUT2D eigenvalue weighted by Crippen LogP contribution is -2.46. The number of nitrogens with one attached hydrogen (secondary N) is 1. The minimum atomic E-state index is -0.812. The number of ether oxygens (including phenoxy) is 1. The van der Waals surface area contributed by atoms with Gasteiger partial charge in [-0.25, -0.2) is 0 Å². The van der Waals surface area contributed by atoms with E-state index in [4.69, 9.17) is 4.74 Å². The van der Waals surface area contributed by atoms with Crippen LogP contribution in [0.25, 0.3) is 0 Å². The number of hydrogen-bond donors (Lipinski definition) is 3. The van der Waals surface area contributed by atoms with Crippen molar-refractivity contribution in [3.8, 4) is 0 Å². The van der Waals surface area contributed by atoms with Crippen LogP contribution in [-0.4, -0.2) is 46.9 Å². The Morgan fingerprint density at radius 2 is 0.933 bits per heavy atom. The summed E-state index contributed by atoms with van der Waals surface area (Å²) in [7, 11) is 0. The van der Waals surface area contributed by atoms with Gasteiger partial charge in [-0.1, -0.05) is 230 Å². The Hall–Kier alpha value is -2.18. The van der Waals surface area contributed by atoms with Crippen LogP contribution in [0.1, 0.15) is 258 Å². The maximum atomic E-state index is 13.2. The molecule has 3 N–H and O–H groups in total. The van der Waals surface area contributed by atoms with Crippen molar-refractivity contribution in [1.82, 2.24) is 5.32 Å². The van der Waals surface area contributed by atoms with Crippen molar-refractivity contribution in [2.24, 2.45) is 0 Å². The molecule has 0 aromatic heterocycles. The van der Waals surface area contributed by atoms with Crippen molar-refractivity contribution in [2.75, 3.05) is 6.61 Å². The number of aliphatic hydroxyl groups excluding tert-OH is 2. The highest BCUT2D eigenvalue weighted by Crippen LogP contribution is 2.16. The first-order valence-electron chi connectivity index (χ1n) is 25.9. The summed E-state index contributed by atoms with van der Waals surface area (Å²) in [5, 5.41) is 23.7. The van der Waals surface area contributed by atoms with Crippen molar-refractivity contribution >= 4 is 11.9 Å². The standard InChI is InChI=1S/C54H99NO5/c1-4-7-10-13-16-19-22-24-26-28-31-34-37-40-43-46-52(57)51(49-56)55-53(58)48-50(45-42-39-36-33-30-21-18-15-12-9-6-3)60-54(59)47-44-41-38-35-32-29-27-25-23-20-17-14-11-8-5-2/h17,20,23,25,33,36,42,45,50-52,56-57H,4-16,18-19,21-22,24,26-32,34-35,37-41,43-44,46-49H2,1-3H3,(H,55,58)/b20-17+,25-23+,36-33-,45-42+. The zero-order valence-corrected chi connectivity index (χ0v) is 39.8. The van der Waals surface area contributed by atoms with E-state index in [1.54, 1.807) is 0 Å². The quantitative estimate of drug-likeness (QED) is 0.0246. The van der Waals surface area contributed by atoms with Gasteiger partial charge in [0.2, 0.25) is 5.91 Å². The summed E-state index contributed by atoms with van der Waals surface area (Å²) < 4.78 is 5.82. The van der Waals surface area contributed by atoms with Crippen molar-refractivity contribution in [3.05, 3.63) is 48.6 Å². The molecule has 0 aliphatic rings. The molecule has 0 spiro atoms. The Labute approximate surface area is 372 Å². The molecule has 0 saturated heterocycles. The second-order valence-electron chi connectivity index (χ2n) is 17.6. The SMILES string of the molecule is CCCCC/C=C/C=C/CCCCCCCCC(=O)OC(/C=C/C/C=C\CCCCCCCC)CC(=O)NC(CO)C(O)CCCCCCCCCCCCCCCCC. The van der Waals surface area contributed by atoms with E-state index in [0.29, 0.717) is 19.3 Å². The summed E-state index contributed by atoms with van der Waals surface area (Å²) in [5.41, 5.74) is 0. The third-order valence-electron chi connectivity index (χ3n) is 11.7. The van der Waals surface area contributed by atoms with E-state index >= 15 is 0 Å². The molecule has 350 valence electrons. The lowest BCUT2D eigenvalue weighted by Gasteiger charge is -2.23. The minimum Gasteiger partial charge on any atom is -0.458 e. The molecule has 0 fully saturated rings. The van der Waals surface area contributed by atoms with Crippen LogP contribution < -0.4 is 5.32 Å². The zero-order chi connectivity index (χ0) is 43.8. The molecule has 0 rings (SSSR count). The number of allylic oxidation sites excluding steroid dienone is 7. The molecule has 0 saturated carbocycles. The highest BCUT2D eigenvalue weighted by Gasteiger charge is 2.23. The van der Waals surface area contributed by atoms with Crippen LogP contribution in [0, 0.1) is 0 Å². The predicted molar refractivity (Wildman–Crippen MR) is 259 cm³/mol. The number of rotatable bonds is 46. The van der Waals surface area contributed by atoms with Gasteiger partial charge in [0.15, 0.2) is 0 Å². The molecule has 3 unspecified atom stereocenters. The molecular weight excluding hydrogens is 743 g/mol. The molecule has 0 heterocycles. The number of unbranched alkanes of at least 4 members (excludes halogenated alkanes) is 29. The molecule has 0 bridgehead atoms. The molecular formula is C54H99NO5. The highest BCUT2D eigenvalue weighted by molar-refractivity contribution is 5.78. The maximum absolute atomic E-state index is 13.2. The van der Waals surface area contributed by atoms with Gasteiger partial charge in [0.1, 0.15) is 6.10 Å². The van der Waals surface area contributed by atoms with Crippen molar-refractivity contribution < 1.29 is 24.5 Å². The first-order chi connectivity index (χ1) is 29.5. The van der Waals surface area contributed by atoms with Gasteiger partial charge in [-0.3, -0.25) is 9.59 Å². The summed E-state index contributed by atoms with van der Waals surface area (Å²) in [6.07, 6.45) is 57.7. The molecule has 6 nitrogen and oxygen atoms in total. The smallest absolute Gasteiger partial charge is 0.306 e. The summed E-state index contributed by atoms with van der Waals surface area (Å²) >= 11 is 0. The summed E-state index contributed by atoms with van der Waals surface area (Å²) in [6.45, 7) is 6.42. The summed E-state index contributed by atoms with van der Waals surface area (Å²) in [4.78, 5) is 26.0. The van der Waals surface area contributed by atoms with Crippen LogP contribution in [0.3, 0.4) is 0 Å². The lowest BCUT2D eigenvalue weighted by atomic mass is 10.0. The Morgan fingerprint density at radius 3 is 1.43 bits per heavy atom. The fraction of sp³-hybridized carbons (Fsp3) is 0.815. The molecule has 60 heavy (non-hydrogen) atoms. The Morgan fingerprint density at radius 1 is 0.517 bits per heavy atom. The highest BCUT2D eigenvalue weighted by atomic mass is 16.5. The van der Waals surface area contributed by atoms with E-state index < -0.39 is 18.2 Å². The fourth-order valence-corrected chi connectivity index (χ4v) is 7.68. The Kier molecular flexibility index (Phi) is 46.1. The second kappa shape index (κ2) is 47.9. The molecule has 3 atom stereocenters. The zero-order valence-electron chi connectivity index (χ0n) is 39.8. The number of aliphatic hydroxyl groups is 2. The molecule has 0 aromatic rings. The van der Waals surface area contributed by atoms with E-state index in [0.717, 1.165) is 51.4 Å². The first-order valence-corrected chi connectivity index (χ1v) is 25.9. The van der Waals surface area contributed by atoms with Gasteiger partial charge < -0.3 is 20.3 Å². The van der Waals surface area contributed by atoms with E-state index in [1.165, 1.54) is 161 Å². The Balaban J connectivity index is 4.60. The monoisotopic (exact) mass is 842 g/mol. The number of carbonyl (C=O) groups is 2. The molecule has 0 aliphatic heterocycles. The van der Waals surface area contributed by atoms with E-state index in [1.807, 2.05) is 12.2 Å². The number of carbonyl (C=O) groups excluding carboxylic acids is 2. The molecule has 0 aliphatic carbocycles. The maximum Gasteiger partial charge on any atom is 0.306 e. The lowest BCUT2D eigenvalue weighted by molar-refractivity contribution is -0.148. The summed E-state index contributed by atoms with van der Waals surface area (Å²) in [6, 6.07) is -0.734. The number of amides is 1. The first kappa shape index (κ1) is 57.8. The van der Waals surface area contributed by atoms with Gasteiger partial charge >= 0.3 is 5.97 Å². The molecule has 6 heteroatoms. The van der Waals surface area contributed by atoms with Crippen LogP contribution in [0.5, 0.6) is 0 Å². The van der Waals surface area contributed by atoms with Gasteiger partial charge in [-0.15, -0.1) is 0 Å². The van der Waals surface area contributed by atoms with Crippen LogP contribution in [-0.2, 0) is 14.3 Å². The topological polar surface area (TPSA) is 95.9 Å². The number of hydrogen-bond acceptors (Lipinski definition) is 5. The van der Waals surface area contributed by atoms with Crippen LogP contribution in [0.15, 0.2) is 48.6 Å². The van der Waals surface area contributed by atoms with Crippen LogP contribution in [0.2, 0.25) is 0 Å². The molecule has 1 amide bonds.